The van der Waals surface area contributed by atoms with E-state index in [2.05, 4.69) is 10.3 Å². The number of carbonyl (C=O) groups excluding carboxylic acids is 1. The van der Waals surface area contributed by atoms with Crippen LogP contribution in [0.5, 0.6) is 0 Å². The minimum atomic E-state index is -0.318. The average Bonchev–Trinajstić information content (AvgIpc) is 2.97. The zero-order valence-electron chi connectivity index (χ0n) is 10.3. The Balaban J connectivity index is 1.81. The number of hydrogen-bond acceptors (Lipinski definition) is 4. The zero-order valence-corrected chi connectivity index (χ0v) is 11.1. The van der Waals surface area contributed by atoms with Gasteiger partial charge in [-0.3, -0.25) is 9.79 Å². The number of aliphatic imine (C=N–C) groups is 1. The molecule has 1 fully saturated rings. The summed E-state index contributed by atoms with van der Waals surface area (Å²) in [6.07, 6.45) is 5.33. The second-order valence-corrected chi connectivity index (χ2v) is 5.55. The Morgan fingerprint density at radius 1 is 1.59 bits per heavy atom. The van der Waals surface area contributed by atoms with Crippen LogP contribution in [0.3, 0.4) is 0 Å². The van der Waals surface area contributed by atoms with Gasteiger partial charge in [0.25, 0.3) is 5.91 Å². The van der Waals surface area contributed by atoms with Gasteiger partial charge < -0.3 is 10.1 Å². The molecule has 0 aromatic rings. The van der Waals surface area contributed by atoms with Gasteiger partial charge in [0.2, 0.25) is 0 Å². The first-order valence-corrected chi connectivity index (χ1v) is 7.41. The molecule has 1 N–H and O–H groups in total. The van der Waals surface area contributed by atoms with Crippen LogP contribution < -0.4 is 5.32 Å². The highest BCUT2D eigenvalue weighted by atomic mass is 32.2. The fourth-order valence-corrected chi connectivity index (χ4v) is 2.93. The lowest BCUT2D eigenvalue weighted by Gasteiger charge is -2.20. The predicted octanol–water partition coefficient (Wildman–Crippen LogP) is 1.94. The molecule has 0 spiro atoms. The van der Waals surface area contributed by atoms with Crippen LogP contribution in [0.1, 0.15) is 39.0 Å². The maximum atomic E-state index is 12.0. The molecule has 1 atom stereocenters. The summed E-state index contributed by atoms with van der Waals surface area (Å²) >= 11 is 1.60. The van der Waals surface area contributed by atoms with Gasteiger partial charge in [-0.1, -0.05) is 31.5 Å². The minimum Gasteiger partial charge on any atom is -0.365 e. The SMILES string of the molecule is CCC(OC1CCCC1)C(=O)NC1=NCCS1. The number of rotatable bonds is 4. The van der Waals surface area contributed by atoms with Gasteiger partial charge in [0.1, 0.15) is 6.10 Å². The highest BCUT2D eigenvalue weighted by Gasteiger charge is 2.25. The molecule has 1 aliphatic heterocycles. The van der Waals surface area contributed by atoms with Crippen molar-refractivity contribution in [2.24, 2.45) is 4.99 Å². The molecule has 0 saturated heterocycles. The van der Waals surface area contributed by atoms with E-state index in [-0.39, 0.29) is 18.1 Å². The van der Waals surface area contributed by atoms with E-state index in [1.54, 1.807) is 11.8 Å². The number of amidine groups is 1. The highest BCUT2D eigenvalue weighted by molar-refractivity contribution is 8.14. The highest BCUT2D eigenvalue weighted by Crippen LogP contribution is 2.23. The Morgan fingerprint density at radius 3 is 2.94 bits per heavy atom. The summed E-state index contributed by atoms with van der Waals surface area (Å²) < 4.78 is 5.86. The Hall–Kier alpha value is -0.550. The summed E-state index contributed by atoms with van der Waals surface area (Å²) in [6, 6.07) is 0. The summed E-state index contributed by atoms with van der Waals surface area (Å²) in [5, 5.41) is 3.61. The molecule has 2 aliphatic rings. The standard InChI is InChI=1S/C12H20N2O2S/c1-2-10(16-9-5-3-4-6-9)11(15)14-12-13-7-8-17-12/h9-10H,2-8H2,1H3,(H,13,14,15). The fourth-order valence-electron chi connectivity index (χ4n) is 2.20. The molecule has 1 amide bonds. The molecular formula is C12H20N2O2S. The normalized spacial score (nSPS) is 22.5. The van der Waals surface area contributed by atoms with Crippen molar-refractivity contribution in [1.29, 1.82) is 0 Å². The second kappa shape index (κ2) is 6.40. The van der Waals surface area contributed by atoms with E-state index in [9.17, 15) is 4.79 Å². The summed E-state index contributed by atoms with van der Waals surface area (Å²) in [7, 11) is 0. The van der Waals surface area contributed by atoms with Crippen molar-refractivity contribution in [2.45, 2.75) is 51.2 Å². The van der Waals surface area contributed by atoms with Crippen molar-refractivity contribution in [2.75, 3.05) is 12.3 Å². The lowest BCUT2D eigenvalue weighted by Crippen LogP contribution is -2.39. The zero-order chi connectivity index (χ0) is 12.1. The molecule has 0 aromatic carbocycles. The van der Waals surface area contributed by atoms with E-state index in [1.165, 1.54) is 12.8 Å². The van der Waals surface area contributed by atoms with Gasteiger partial charge in [-0.25, -0.2) is 0 Å². The first-order chi connectivity index (χ1) is 8.29. The molecule has 0 aromatic heterocycles. The number of amides is 1. The molecule has 5 heteroatoms. The molecular weight excluding hydrogens is 236 g/mol. The molecule has 2 rings (SSSR count). The molecule has 17 heavy (non-hydrogen) atoms. The van der Waals surface area contributed by atoms with Crippen molar-refractivity contribution >= 4 is 22.8 Å². The van der Waals surface area contributed by atoms with Gasteiger partial charge in [-0.2, -0.15) is 0 Å². The van der Waals surface area contributed by atoms with Gasteiger partial charge >= 0.3 is 0 Å². The summed E-state index contributed by atoms with van der Waals surface area (Å²) in [5.41, 5.74) is 0. The molecule has 4 nitrogen and oxygen atoms in total. The third kappa shape index (κ3) is 3.71. The first-order valence-electron chi connectivity index (χ1n) is 6.43. The molecule has 0 radical (unpaired) electrons. The quantitative estimate of drug-likeness (QED) is 0.836. The smallest absolute Gasteiger partial charge is 0.255 e. The third-order valence-electron chi connectivity index (χ3n) is 3.14. The lowest BCUT2D eigenvalue weighted by molar-refractivity contribution is -0.135. The van der Waals surface area contributed by atoms with Crippen molar-refractivity contribution in [3.05, 3.63) is 0 Å². The number of hydrogen-bond donors (Lipinski definition) is 1. The number of nitrogens with zero attached hydrogens (tertiary/aromatic N) is 1. The Kier molecular flexibility index (Phi) is 4.86. The molecule has 1 aliphatic carbocycles. The van der Waals surface area contributed by atoms with Crippen molar-refractivity contribution in [1.82, 2.24) is 5.32 Å². The summed E-state index contributed by atoms with van der Waals surface area (Å²) in [4.78, 5) is 16.2. The van der Waals surface area contributed by atoms with Gasteiger partial charge in [0.15, 0.2) is 5.17 Å². The molecule has 1 saturated carbocycles. The maximum Gasteiger partial charge on any atom is 0.255 e. The minimum absolute atomic E-state index is 0.0347. The van der Waals surface area contributed by atoms with Crippen LogP contribution in [-0.2, 0) is 9.53 Å². The van der Waals surface area contributed by atoms with Crippen LogP contribution >= 0.6 is 11.8 Å². The molecule has 0 bridgehead atoms. The fraction of sp³-hybridized carbons (Fsp3) is 0.833. The average molecular weight is 256 g/mol. The van der Waals surface area contributed by atoms with Gasteiger partial charge in [-0.15, -0.1) is 0 Å². The van der Waals surface area contributed by atoms with Gasteiger partial charge in [0, 0.05) is 5.75 Å². The Bertz CT molecular complexity index is 301. The number of carbonyl (C=O) groups is 1. The van der Waals surface area contributed by atoms with E-state index < -0.39 is 0 Å². The topological polar surface area (TPSA) is 50.7 Å². The predicted molar refractivity (Wildman–Crippen MR) is 70.3 cm³/mol. The monoisotopic (exact) mass is 256 g/mol. The number of thioether (sulfide) groups is 1. The van der Waals surface area contributed by atoms with E-state index >= 15 is 0 Å². The third-order valence-corrected chi connectivity index (χ3v) is 4.03. The number of nitrogens with one attached hydrogen (secondary N) is 1. The van der Waals surface area contributed by atoms with Crippen LogP contribution in [-0.4, -0.2) is 35.6 Å². The van der Waals surface area contributed by atoms with Gasteiger partial charge in [-0.05, 0) is 19.3 Å². The Morgan fingerprint density at radius 2 is 2.35 bits per heavy atom. The maximum absolute atomic E-state index is 12.0. The lowest BCUT2D eigenvalue weighted by atomic mass is 10.2. The largest absolute Gasteiger partial charge is 0.365 e. The van der Waals surface area contributed by atoms with Crippen LogP contribution in [0.4, 0.5) is 0 Å². The first kappa shape index (κ1) is 12.9. The second-order valence-electron chi connectivity index (χ2n) is 4.46. The number of ether oxygens (including phenoxy) is 1. The van der Waals surface area contributed by atoms with Crippen LogP contribution in [0.2, 0.25) is 0 Å². The molecule has 1 heterocycles. The van der Waals surface area contributed by atoms with Gasteiger partial charge in [0.05, 0.1) is 12.6 Å². The van der Waals surface area contributed by atoms with Crippen molar-refractivity contribution < 1.29 is 9.53 Å². The van der Waals surface area contributed by atoms with E-state index in [0.717, 1.165) is 36.7 Å². The van der Waals surface area contributed by atoms with Crippen LogP contribution in [0, 0.1) is 0 Å². The molecule has 1 unspecified atom stereocenters. The van der Waals surface area contributed by atoms with Crippen molar-refractivity contribution in [3.8, 4) is 0 Å². The molecule has 96 valence electrons. The Labute approximate surface area is 107 Å². The summed E-state index contributed by atoms with van der Waals surface area (Å²) in [6.45, 7) is 2.79. The van der Waals surface area contributed by atoms with E-state index in [0.29, 0.717) is 0 Å². The van der Waals surface area contributed by atoms with Crippen LogP contribution in [0.15, 0.2) is 4.99 Å². The van der Waals surface area contributed by atoms with Crippen LogP contribution in [0.25, 0.3) is 0 Å². The van der Waals surface area contributed by atoms with E-state index in [4.69, 9.17) is 4.74 Å². The van der Waals surface area contributed by atoms with E-state index in [1.807, 2.05) is 6.92 Å². The summed E-state index contributed by atoms with van der Waals surface area (Å²) in [5.74, 6) is 0.933. The van der Waals surface area contributed by atoms with Crippen molar-refractivity contribution in [3.63, 3.8) is 0 Å².